The Balaban J connectivity index is 1.63. The molecular weight excluding hydrogens is 376 g/mol. The van der Waals surface area contributed by atoms with Gasteiger partial charge in [-0.1, -0.05) is 36.4 Å². The molecule has 2 N–H and O–H groups in total. The van der Waals surface area contributed by atoms with Crippen molar-refractivity contribution in [3.63, 3.8) is 0 Å². The number of nitrogens with one attached hydrogen (secondary N) is 2. The highest BCUT2D eigenvalue weighted by molar-refractivity contribution is 7.89. The number of hydrogen-bond donors (Lipinski definition) is 2. The molecule has 0 unspecified atom stereocenters. The standard InChI is InChI=1S/C21H22N2O4S/c1-14-8-11-20(12-15(14)2)28(25,26)23-22-21(24)16(3)27-19-10-9-17-6-4-5-7-18(17)13-19/h4-13,16,23H,1-3H3,(H,22,24)/t16-/m0/s1. The fraction of sp³-hybridized carbons (Fsp3) is 0.190. The molecule has 7 heteroatoms. The monoisotopic (exact) mass is 398 g/mol. The van der Waals surface area contributed by atoms with Gasteiger partial charge in [-0.25, -0.2) is 8.42 Å². The van der Waals surface area contributed by atoms with E-state index in [-0.39, 0.29) is 4.90 Å². The maximum absolute atomic E-state index is 12.4. The molecule has 0 aliphatic carbocycles. The fourth-order valence-electron chi connectivity index (χ4n) is 2.66. The van der Waals surface area contributed by atoms with E-state index in [4.69, 9.17) is 4.74 Å². The Bertz CT molecular complexity index is 1130. The third-order valence-electron chi connectivity index (χ3n) is 4.50. The third kappa shape index (κ3) is 4.49. The summed E-state index contributed by atoms with van der Waals surface area (Å²) in [5, 5.41) is 2.05. The first-order valence-electron chi connectivity index (χ1n) is 8.80. The van der Waals surface area contributed by atoms with Gasteiger partial charge >= 0.3 is 0 Å². The van der Waals surface area contributed by atoms with E-state index in [2.05, 4.69) is 10.3 Å². The molecule has 0 bridgehead atoms. The molecule has 3 rings (SSSR count). The van der Waals surface area contributed by atoms with Gasteiger partial charge in [0, 0.05) is 0 Å². The average Bonchev–Trinajstić information content (AvgIpc) is 2.68. The van der Waals surface area contributed by atoms with Gasteiger partial charge in [0.05, 0.1) is 4.90 Å². The van der Waals surface area contributed by atoms with Gasteiger partial charge in [0.15, 0.2) is 6.10 Å². The minimum atomic E-state index is -3.87. The van der Waals surface area contributed by atoms with Gasteiger partial charge < -0.3 is 4.74 Å². The molecule has 0 heterocycles. The maximum atomic E-state index is 12.4. The number of aryl methyl sites for hydroxylation is 2. The molecule has 0 fully saturated rings. The summed E-state index contributed by atoms with van der Waals surface area (Å²) in [5.41, 5.74) is 4.05. The number of rotatable bonds is 6. The number of hydrazine groups is 1. The molecule has 1 amide bonds. The molecule has 0 saturated heterocycles. The van der Waals surface area contributed by atoms with Crippen LogP contribution in [0.25, 0.3) is 10.8 Å². The molecule has 3 aromatic carbocycles. The lowest BCUT2D eigenvalue weighted by molar-refractivity contribution is -0.127. The van der Waals surface area contributed by atoms with Crippen molar-refractivity contribution in [1.29, 1.82) is 0 Å². The first-order valence-corrected chi connectivity index (χ1v) is 10.3. The SMILES string of the molecule is Cc1ccc(S(=O)(=O)NNC(=O)[C@H](C)Oc2ccc3ccccc3c2)cc1C. The number of carbonyl (C=O) groups is 1. The molecular formula is C21H22N2O4S. The second kappa shape index (κ2) is 8.00. The number of carbonyl (C=O) groups excluding carboxylic acids is 1. The normalized spacial score (nSPS) is 12.5. The minimum absolute atomic E-state index is 0.0824. The van der Waals surface area contributed by atoms with Crippen molar-refractivity contribution in [3.05, 3.63) is 71.8 Å². The van der Waals surface area contributed by atoms with Crippen LogP contribution in [0.5, 0.6) is 5.75 Å². The third-order valence-corrected chi connectivity index (χ3v) is 5.75. The van der Waals surface area contributed by atoms with E-state index in [1.165, 1.54) is 6.07 Å². The van der Waals surface area contributed by atoms with Crippen LogP contribution in [0.2, 0.25) is 0 Å². The van der Waals surface area contributed by atoms with E-state index in [1.807, 2.05) is 50.2 Å². The van der Waals surface area contributed by atoms with Crippen LogP contribution in [0.1, 0.15) is 18.1 Å². The van der Waals surface area contributed by atoms with Crippen LogP contribution in [-0.2, 0) is 14.8 Å². The van der Waals surface area contributed by atoms with Crippen LogP contribution in [0.15, 0.2) is 65.6 Å². The Kier molecular flexibility index (Phi) is 5.67. The molecule has 0 aromatic heterocycles. The summed E-state index contributed by atoms with van der Waals surface area (Å²) in [7, 11) is -3.87. The van der Waals surface area contributed by atoms with Crippen LogP contribution >= 0.6 is 0 Å². The van der Waals surface area contributed by atoms with Gasteiger partial charge in [-0.15, -0.1) is 4.83 Å². The van der Waals surface area contributed by atoms with Crippen molar-refractivity contribution < 1.29 is 17.9 Å². The van der Waals surface area contributed by atoms with Gasteiger partial charge in [-0.3, -0.25) is 10.2 Å². The van der Waals surface area contributed by atoms with Crippen molar-refractivity contribution in [2.24, 2.45) is 0 Å². The minimum Gasteiger partial charge on any atom is -0.481 e. The number of hydrogen-bond acceptors (Lipinski definition) is 4. The lowest BCUT2D eigenvalue weighted by atomic mass is 10.1. The van der Waals surface area contributed by atoms with E-state index in [0.717, 1.165) is 21.9 Å². The number of amides is 1. The lowest BCUT2D eigenvalue weighted by Gasteiger charge is -2.16. The Morgan fingerprint density at radius 1 is 0.929 bits per heavy atom. The van der Waals surface area contributed by atoms with E-state index < -0.39 is 22.0 Å². The number of fused-ring (bicyclic) bond motifs is 1. The number of sulfonamides is 1. The van der Waals surface area contributed by atoms with E-state index in [0.29, 0.717) is 5.75 Å². The quantitative estimate of drug-likeness (QED) is 0.625. The van der Waals surface area contributed by atoms with E-state index >= 15 is 0 Å². The Labute approximate surface area is 164 Å². The summed E-state index contributed by atoms with van der Waals surface area (Å²) in [4.78, 5) is 14.4. The van der Waals surface area contributed by atoms with Gasteiger partial charge in [0.25, 0.3) is 15.9 Å². The molecule has 3 aromatic rings. The molecule has 0 radical (unpaired) electrons. The van der Waals surface area contributed by atoms with Gasteiger partial charge in [-0.2, -0.15) is 0 Å². The number of benzene rings is 3. The second-order valence-corrected chi connectivity index (χ2v) is 8.29. The van der Waals surface area contributed by atoms with Crippen molar-refractivity contribution in [2.75, 3.05) is 0 Å². The van der Waals surface area contributed by atoms with E-state index in [1.54, 1.807) is 25.1 Å². The van der Waals surface area contributed by atoms with Crippen molar-refractivity contribution >= 4 is 26.7 Å². The summed E-state index contributed by atoms with van der Waals surface area (Å²) in [6.07, 6.45) is -0.886. The molecule has 0 aliphatic rings. The Hall–Kier alpha value is -2.90. The summed E-state index contributed by atoms with van der Waals surface area (Å²) < 4.78 is 30.4. The zero-order valence-corrected chi connectivity index (χ0v) is 16.7. The highest BCUT2D eigenvalue weighted by atomic mass is 32.2. The fourth-order valence-corrected chi connectivity index (χ4v) is 3.59. The first kappa shape index (κ1) is 19.9. The van der Waals surface area contributed by atoms with Gasteiger partial charge in [-0.05, 0) is 66.9 Å². The van der Waals surface area contributed by atoms with Crippen LogP contribution in [0.3, 0.4) is 0 Å². The van der Waals surface area contributed by atoms with Crippen LogP contribution in [0.4, 0.5) is 0 Å². The van der Waals surface area contributed by atoms with Gasteiger partial charge in [0.1, 0.15) is 5.75 Å². The topological polar surface area (TPSA) is 84.5 Å². The molecule has 0 aliphatic heterocycles. The molecule has 0 saturated carbocycles. The lowest BCUT2D eigenvalue weighted by Crippen LogP contribution is -2.47. The van der Waals surface area contributed by atoms with Crippen molar-refractivity contribution in [3.8, 4) is 5.75 Å². The Morgan fingerprint density at radius 2 is 1.64 bits per heavy atom. The molecule has 1 atom stereocenters. The maximum Gasteiger partial charge on any atom is 0.275 e. The molecule has 6 nitrogen and oxygen atoms in total. The van der Waals surface area contributed by atoms with Crippen LogP contribution in [-0.4, -0.2) is 20.4 Å². The molecule has 0 spiro atoms. The summed E-state index contributed by atoms with van der Waals surface area (Å²) in [6.45, 7) is 5.27. The molecule has 146 valence electrons. The number of ether oxygens (including phenoxy) is 1. The highest BCUT2D eigenvalue weighted by Crippen LogP contribution is 2.21. The first-order chi connectivity index (χ1) is 13.3. The average molecular weight is 398 g/mol. The van der Waals surface area contributed by atoms with Crippen molar-refractivity contribution in [2.45, 2.75) is 31.8 Å². The van der Waals surface area contributed by atoms with Crippen LogP contribution in [0, 0.1) is 13.8 Å². The molecule has 28 heavy (non-hydrogen) atoms. The second-order valence-electron chi connectivity index (χ2n) is 6.61. The van der Waals surface area contributed by atoms with E-state index in [9.17, 15) is 13.2 Å². The zero-order chi connectivity index (χ0) is 20.3. The Morgan fingerprint density at radius 3 is 2.36 bits per heavy atom. The van der Waals surface area contributed by atoms with Crippen LogP contribution < -0.4 is 15.0 Å². The summed E-state index contributed by atoms with van der Waals surface area (Å²) >= 11 is 0. The zero-order valence-electron chi connectivity index (χ0n) is 15.9. The van der Waals surface area contributed by atoms with Crippen molar-refractivity contribution in [1.82, 2.24) is 10.3 Å². The predicted molar refractivity (Wildman–Crippen MR) is 108 cm³/mol. The smallest absolute Gasteiger partial charge is 0.275 e. The summed E-state index contributed by atoms with van der Waals surface area (Å²) in [5.74, 6) is -0.0704. The van der Waals surface area contributed by atoms with Gasteiger partial charge in [0.2, 0.25) is 0 Å². The predicted octanol–water partition coefficient (Wildman–Crippen LogP) is 3.23. The highest BCUT2D eigenvalue weighted by Gasteiger charge is 2.19. The largest absolute Gasteiger partial charge is 0.481 e. The summed E-state index contributed by atoms with van der Waals surface area (Å²) in [6, 6.07) is 18.1.